The van der Waals surface area contributed by atoms with Crippen LogP contribution in [-0.2, 0) is 32.2 Å². The Morgan fingerprint density at radius 3 is 2.42 bits per heavy atom. The van der Waals surface area contributed by atoms with Gasteiger partial charge in [0.05, 0.1) is 18.8 Å². The summed E-state index contributed by atoms with van der Waals surface area (Å²) in [5.41, 5.74) is 5.07. The van der Waals surface area contributed by atoms with Crippen LogP contribution in [0, 0.1) is 5.21 Å². The van der Waals surface area contributed by atoms with Crippen LogP contribution in [0.3, 0.4) is 0 Å². The molecule has 0 aliphatic carbocycles. The molecule has 4 aromatic rings. The van der Waals surface area contributed by atoms with Gasteiger partial charge in [0.2, 0.25) is 5.91 Å². The Bertz CT molecular complexity index is 1790. The Labute approximate surface area is 291 Å². The van der Waals surface area contributed by atoms with Crippen molar-refractivity contribution in [2.75, 3.05) is 12.3 Å². The molecule has 0 bridgehead atoms. The van der Waals surface area contributed by atoms with Crippen molar-refractivity contribution in [1.82, 2.24) is 10.2 Å². The van der Waals surface area contributed by atoms with Crippen molar-refractivity contribution in [1.29, 1.82) is 0 Å². The zero-order valence-electron chi connectivity index (χ0n) is 26.9. The number of carbonyl (C=O) groups is 2. The van der Waals surface area contributed by atoms with Crippen LogP contribution in [0.2, 0.25) is 0 Å². The Hall–Kier alpha value is -4.43. The molecule has 1 aromatic heterocycles. The fraction of sp³-hybridized carbons (Fsp3) is 0.324. The van der Waals surface area contributed by atoms with Crippen molar-refractivity contribution >= 4 is 23.6 Å². The lowest BCUT2D eigenvalue weighted by atomic mass is 9.99. The third-order valence-electron chi connectivity index (χ3n) is 8.79. The molecule has 9 nitrogen and oxygen atoms in total. The lowest BCUT2D eigenvalue weighted by Gasteiger charge is -2.36. The number of rotatable bonds is 10. The highest BCUT2D eigenvalue weighted by atomic mass is 32.2. The Kier molecular flexibility index (Phi) is 11.1. The quantitative estimate of drug-likeness (QED) is 0.118. The van der Waals surface area contributed by atoms with Gasteiger partial charge in [-0.05, 0) is 52.8 Å². The molecule has 2 aliphatic rings. The molecule has 2 amide bonds. The maximum atomic E-state index is 13.0. The van der Waals surface area contributed by atoms with Crippen molar-refractivity contribution in [2.24, 2.45) is 0 Å². The van der Waals surface area contributed by atoms with Gasteiger partial charge in [0.1, 0.15) is 6.04 Å². The maximum Gasteiger partial charge on any atom is 0.471 e. The van der Waals surface area contributed by atoms with Crippen molar-refractivity contribution in [3.63, 3.8) is 0 Å². The number of hydrogen-bond acceptors (Lipinski definition) is 7. The van der Waals surface area contributed by atoms with Gasteiger partial charge >= 0.3 is 12.1 Å². The van der Waals surface area contributed by atoms with Gasteiger partial charge in [-0.3, -0.25) is 9.59 Å². The summed E-state index contributed by atoms with van der Waals surface area (Å²) in [6.45, 7) is -0.0693. The predicted molar refractivity (Wildman–Crippen MR) is 179 cm³/mol. The lowest BCUT2D eigenvalue weighted by molar-refractivity contribution is -0.645. The Balaban J connectivity index is 1.13. The normalized spacial score (nSPS) is 20.8. The third kappa shape index (κ3) is 8.47. The highest BCUT2D eigenvalue weighted by molar-refractivity contribution is 7.99. The standard InChI is InChI=1S/C37H36F3N3O6S/c38-37(39,40)36(46)42-17-4-7-31(42)34(45)41-21-25-5-3-6-29(19-25)26-13-15-28(16-14-26)35-48-30(23-50-33-8-1-2-18-43(33)47)20-32(49-35)27-11-9-24(22-44)10-12-27/h1-3,5-6,8-16,18-19,30-32,35,44H,4,7,17,20-23H2,(H,41,45)/t30-,31-,32+,35+/m0/s1. The molecule has 0 unspecified atom stereocenters. The summed E-state index contributed by atoms with van der Waals surface area (Å²) in [6.07, 6.45) is -3.67. The zero-order valence-corrected chi connectivity index (χ0v) is 27.7. The van der Waals surface area contributed by atoms with Crippen LogP contribution in [0.25, 0.3) is 11.1 Å². The van der Waals surface area contributed by atoms with Crippen LogP contribution in [0.15, 0.2) is 102 Å². The molecule has 4 atom stereocenters. The van der Waals surface area contributed by atoms with E-state index in [1.807, 2.05) is 78.9 Å². The number of pyridine rings is 1. The molecule has 2 saturated heterocycles. The third-order valence-corrected chi connectivity index (χ3v) is 9.94. The summed E-state index contributed by atoms with van der Waals surface area (Å²) in [4.78, 5) is 25.2. The molecule has 2 aliphatic heterocycles. The van der Waals surface area contributed by atoms with E-state index in [2.05, 4.69) is 5.32 Å². The molecule has 6 rings (SSSR count). The van der Waals surface area contributed by atoms with Gasteiger partial charge in [-0.15, -0.1) is 0 Å². The van der Waals surface area contributed by atoms with Crippen LogP contribution in [0.4, 0.5) is 13.2 Å². The summed E-state index contributed by atoms with van der Waals surface area (Å²) >= 11 is 1.42. The predicted octanol–water partition coefficient (Wildman–Crippen LogP) is 5.99. The average Bonchev–Trinajstić information content (AvgIpc) is 3.63. The van der Waals surface area contributed by atoms with Crippen molar-refractivity contribution < 1.29 is 42.1 Å². The van der Waals surface area contributed by atoms with Crippen LogP contribution >= 0.6 is 11.8 Å². The van der Waals surface area contributed by atoms with Crippen LogP contribution in [0.1, 0.15) is 53.9 Å². The topological polar surface area (TPSA) is 115 Å². The summed E-state index contributed by atoms with van der Waals surface area (Å²) in [5.74, 6) is -2.07. The summed E-state index contributed by atoms with van der Waals surface area (Å²) in [6, 6.07) is 26.9. The number of hydrogen-bond donors (Lipinski definition) is 2. The first-order valence-corrected chi connectivity index (χ1v) is 17.2. The molecule has 0 saturated carbocycles. The number of aliphatic hydroxyl groups excluding tert-OH is 1. The van der Waals surface area contributed by atoms with Crippen molar-refractivity contribution in [3.05, 3.63) is 125 Å². The number of ether oxygens (including phenoxy) is 2. The second-order valence-corrected chi connectivity index (χ2v) is 13.3. The molecule has 262 valence electrons. The second kappa shape index (κ2) is 15.6. The summed E-state index contributed by atoms with van der Waals surface area (Å²) in [5, 5.41) is 25.0. The van der Waals surface area contributed by atoms with E-state index < -0.39 is 30.3 Å². The van der Waals surface area contributed by atoms with E-state index in [-0.39, 0.29) is 38.3 Å². The van der Waals surface area contributed by atoms with Crippen molar-refractivity contribution in [3.8, 4) is 11.1 Å². The largest absolute Gasteiger partial charge is 0.618 e. The van der Waals surface area contributed by atoms with Gasteiger partial charge in [0.25, 0.3) is 5.03 Å². The first-order chi connectivity index (χ1) is 24.1. The minimum absolute atomic E-state index is 0.0559. The fourth-order valence-corrected chi connectivity index (χ4v) is 7.11. The maximum absolute atomic E-state index is 13.0. The van der Waals surface area contributed by atoms with Gasteiger partial charge in [0.15, 0.2) is 12.5 Å². The number of nitrogens with zero attached hydrogens (tertiary/aromatic N) is 2. The molecule has 0 radical (unpaired) electrons. The number of aromatic nitrogens is 1. The first-order valence-electron chi connectivity index (χ1n) is 16.3. The van der Waals surface area contributed by atoms with Crippen LogP contribution in [0.5, 0.6) is 0 Å². The number of benzene rings is 3. The molecule has 2 N–H and O–H groups in total. The molecule has 2 fully saturated rings. The van der Waals surface area contributed by atoms with E-state index in [9.17, 15) is 33.1 Å². The number of halogens is 3. The second-order valence-electron chi connectivity index (χ2n) is 12.2. The summed E-state index contributed by atoms with van der Waals surface area (Å²) in [7, 11) is 0. The highest BCUT2D eigenvalue weighted by Gasteiger charge is 2.47. The minimum Gasteiger partial charge on any atom is -0.618 e. The monoisotopic (exact) mass is 707 g/mol. The molecule has 50 heavy (non-hydrogen) atoms. The zero-order chi connectivity index (χ0) is 35.3. The molecular formula is C37H36F3N3O6S. The average molecular weight is 708 g/mol. The number of carbonyl (C=O) groups excluding carboxylic acids is 2. The fourth-order valence-electron chi connectivity index (χ4n) is 6.17. The smallest absolute Gasteiger partial charge is 0.471 e. The number of amides is 2. The number of aliphatic hydroxyl groups is 1. The van der Waals surface area contributed by atoms with Gasteiger partial charge in [0, 0.05) is 43.0 Å². The molecule has 3 heterocycles. The van der Waals surface area contributed by atoms with Crippen molar-refractivity contribution in [2.45, 2.75) is 68.2 Å². The molecule has 3 aromatic carbocycles. The number of likely N-dealkylation sites (tertiary alicyclic amines) is 1. The van der Waals surface area contributed by atoms with Crippen LogP contribution in [-0.4, -0.2) is 52.4 Å². The molecule has 0 spiro atoms. The Morgan fingerprint density at radius 1 is 0.940 bits per heavy atom. The van der Waals surface area contributed by atoms with E-state index in [1.54, 1.807) is 12.1 Å². The first kappa shape index (κ1) is 35.4. The number of alkyl halides is 3. The van der Waals surface area contributed by atoms with E-state index in [0.717, 1.165) is 38.1 Å². The van der Waals surface area contributed by atoms with E-state index in [1.165, 1.54) is 18.0 Å². The van der Waals surface area contributed by atoms with Gasteiger partial charge in [-0.2, -0.15) is 17.9 Å². The number of nitrogens with one attached hydrogen (secondary N) is 1. The number of thioether (sulfide) groups is 1. The summed E-state index contributed by atoms with van der Waals surface area (Å²) < 4.78 is 52.7. The highest BCUT2D eigenvalue weighted by Crippen LogP contribution is 2.39. The minimum atomic E-state index is -5.03. The van der Waals surface area contributed by atoms with Crippen LogP contribution < -0.4 is 10.0 Å². The lowest BCUT2D eigenvalue weighted by Crippen LogP contribution is -2.50. The van der Waals surface area contributed by atoms with E-state index in [0.29, 0.717) is 28.5 Å². The molecule has 13 heteroatoms. The SMILES string of the molecule is O=C(NCc1cccc(-c2ccc([C@@H]3O[C@H](CSc4cccc[n+]4[O-])C[C@H](c4ccc(CO)cc4)O3)cc2)c1)[C@@H]1CCCN1C(=O)C(F)(F)F. The van der Waals surface area contributed by atoms with Gasteiger partial charge < -0.3 is 30.0 Å². The Morgan fingerprint density at radius 2 is 1.70 bits per heavy atom. The van der Waals surface area contributed by atoms with Gasteiger partial charge in [-0.1, -0.05) is 78.5 Å². The van der Waals surface area contributed by atoms with E-state index in [4.69, 9.17) is 9.47 Å². The molecular weight excluding hydrogens is 671 g/mol. The van der Waals surface area contributed by atoms with E-state index >= 15 is 0 Å². The van der Waals surface area contributed by atoms with Gasteiger partial charge in [-0.25, -0.2) is 0 Å².